The fraction of sp³-hybridized carbons (Fsp3) is 0.500. The Kier molecular flexibility index (Phi) is 3.03. The van der Waals surface area contributed by atoms with Crippen LogP contribution >= 0.6 is 15.9 Å². The number of halogens is 1. The molecule has 3 nitrogen and oxygen atoms in total. The maximum absolute atomic E-state index is 10.5. The number of carbonyl (C=O) groups excluding carboxylic acids is 1. The number of aldehydes is 1. The van der Waals surface area contributed by atoms with Crippen LogP contribution in [0.2, 0.25) is 0 Å². The van der Waals surface area contributed by atoms with Gasteiger partial charge in [-0.15, -0.1) is 0 Å². The van der Waals surface area contributed by atoms with Crippen LogP contribution in [0.25, 0.3) is 0 Å². The lowest BCUT2D eigenvalue weighted by atomic mass is 9.98. The van der Waals surface area contributed by atoms with Crippen LogP contribution in [0.4, 0.5) is 0 Å². The first-order valence-corrected chi connectivity index (χ1v) is 5.42. The van der Waals surface area contributed by atoms with Crippen LogP contribution in [0.15, 0.2) is 15.0 Å². The van der Waals surface area contributed by atoms with Gasteiger partial charge in [0.25, 0.3) is 0 Å². The molecule has 14 heavy (non-hydrogen) atoms. The molecule has 0 saturated carbocycles. The smallest absolute Gasteiger partial charge is 0.185 e. The molecule has 0 unspecified atom stereocenters. The minimum Gasteiger partial charge on any atom is -0.457 e. The number of rotatable bonds is 2. The molecular formula is C10H11BrO3. The Morgan fingerprint density at radius 2 is 2.14 bits per heavy atom. The summed E-state index contributed by atoms with van der Waals surface area (Å²) in [5, 5.41) is 0. The molecule has 1 aliphatic rings. The lowest BCUT2D eigenvalue weighted by molar-refractivity contribution is 0.0800. The van der Waals surface area contributed by atoms with Crippen molar-refractivity contribution in [2.75, 3.05) is 13.2 Å². The van der Waals surface area contributed by atoms with Gasteiger partial charge in [-0.05, 0) is 28.8 Å². The number of hydrogen-bond acceptors (Lipinski definition) is 3. The van der Waals surface area contributed by atoms with E-state index in [1.54, 1.807) is 6.07 Å². The number of carbonyl (C=O) groups is 1. The SMILES string of the molecule is O=Cc1cc(Br)c(C2CCOCC2)o1. The van der Waals surface area contributed by atoms with Gasteiger partial charge in [-0.25, -0.2) is 0 Å². The van der Waals surface area contributed by atoms with Crippen molar-refractivity contribution in [3.63, 3.8) is 0 Å². The molecular weight excluding hydrogens is 248 g/mol. The second-order valence-corrected chi connectivity index (χ2v) is 4.22. The Hall–Kier alpha value is -0.610. The van der Waals surface area contributed by atoms with E-state index in [1.807, 2.05) is 0 Å². The molecule has 0 N–H and O–H groups in total. The lowest BCUT2D eigenvalue weighted by Crippen LogP contribution is -2.13. The van der Waals surface area contributed by atoms with Crippen molar-refractivity contribution in [2.24, 2.45) is 0 Å². The summed E-state index contributed by atoms with van der Waals surface area (Å²) in [6.07, 6.45) is 2.66. The van der Waals surface area contributed by atoms with E-state index in [-0.39, 0.29) is 0 Å². The van der Waals surface area contributed by atoms with E-state index in [0.717, 1.165) is 42.6 Å². The van der Waals surface area contributed by atoms with Gasteiger partial charge in [0.1, 0.15) is 5.76 Å². The second-order valence-electron chi connectivity index (χ2n) is 3.37. The Morgan fingerprint density at radius 1 is 1.43 bits per heavy atom. The first kappa shape index (κ1) is 9.93. The summed E-state index contributed by atoms with van der Waals surface area (Å²) in [4.78, 5) is 10.5. The fourth-order valence-electron chi connectivity index (χ4n) is 1.70. The van der Waals surface area contributed by atoms with E-state index in [2.05, 4.69) is 15.9 Å². The number of furan rings is 1. The third kappa shape index (κ3) is 1.91. The van der Waals surface area contributed by atoms with Gasteiger partial charge in [0.05, 0.1) is 4.47 Å². The summed E-state index contributed by atoms with van der Waals surface area (Å²) >= 11 is 3.40. The molecule has 0 spiro atoms. The van der Waals surface area contributed by atoms with Gasteiger partial charge in [0.2, 0.25) is 0 Å². The summed E-state index contributed by atoms with van der Waals surface area (Å²) in [7, 11) is 0. The van der Waals surface area contributed by atoms with Crippen molar-refractivity contribution in [1.29, 1.82) is 0 Å². The van der Waals surface area contributed by atoms with Gasteiger partial charge in [-0.2, -0.15) is 0 Å². The molecule has 0 bridgehead atoms. The van der Waals surface area contributed by atoms with Crippen LogP contribution in [0, 0.1) is 0 Å². The monoisotopic (exact) mass is 258 g/mol. The van der Waals surface area contributed by atoms with E-state index in [9.17, 15) is 4.79 Å². The molecule has 1 aromatic rings. The van der Waals surface area contributed by atoms with Gasteiger partial charge >= 0.3 is 0 Å². The quantitative estimate of drug-likeness (QED) is 0.766. The van der Waals surface area contributed by atoms with Crippen molar-refractivity contribution in [1.82, 2.24) is 0 Å². The molecule has 0 radical (unpaired) electrons. The highest BCUT2D eigenvalue weighted by Gasteiger charge is 2.22. The highest BCUT2D eigenvalue weighted by molar-refractivity contribution is 9.10. The maximum Gasteiger partial charge on any atom is 0.185 e. The van der Waals surface area contributed by atoms with E-state index >= 15 is 0 Å². The van der Waals surface area contributed by atoms with Crippen LogP contribution in [0.5, 0.6) is 0 Å². The van der Waals surface area contributed by atoms with Crippen LogP contribution in [-0.2, 0) is 4.74 Å². The molecule has 1 aromatic heterocycles. The average molecular weight is 259 g/mol. The van der Waals surface area contributed by atoms with Gasteiger partial charge in [-0.1, -0.05) is 0 Å². The highest BCUT2D eigenvalue weighted by Crippen LogP contribution is 2.34. The summed E-state index contributed by atoms with van der Waals surface area (Å²) < 4.78 is 11.6. The van der Waals surface area contributed by atoms with E-state index in [4.69, 9.17) is 9.15 Å². The van der Waals surface area contributed by atoms with Crippen LogP contribution < -0.4 is 0 Å². The van der Waals surface area contributed by atoms with Crippen LogP contribution in [0.3, 0.4) is 0 Å². The Bertz CT molecular complexity index is 326. The Balaban J connectivity index is 2.20. The van der Waals surface area contributed by atoms with Gasteiger partial charge in [0, 0.05) is 25.2 Å². The summed E-state index contributed by atoms with van der Waals surface area (Å²) in [6.45, 7) is 1.54. The molecule has 76 valence electrons. The van der Waals surface area contributed by atoms with Crippen molar-refractivity contribution in [3.05, 3.63) is 22.1 Å². The molecule has 0 amide bonds. The third-order valence-electron chi connectivity index (χ3n) is 2.44. The molecule has 2 heterocycles. The molecule has 0 aromatic carbocycles. The summed E-state index contributed by atoms with van der Waals surface area (Å²) in [5.41, 5.74) is 0. The minimum absolute atomic E-state index is 0.381. The Labute approximate surface area is 90.6 Å². The molecule has 4 heteroatoms. The normalized spacial score (nSPS) is 18.4. The van der Waals surface area contributed by atoms with Gasteiger partial charge in [0.15, 0.2) is 12.0 Å². The van der Waals surface area contributed by atoms with E-state index in [1.165, 1.54) is 0 Å². The van der Waals surface area contributed by atoms with Gasteiger partial charge < -0.3 is 9.15 Å². The van der Waals surface area contributed by atoms with Gasteiger partial charge in [-0.3, -0.25) is 4.79 Å². The van der Waals surface area contributed by atoms with E-state index in [0.29, 0.717) is 11.7 Å². The highest BCUT2D eigenvalue weighted by atomic mass is 79.9. The Morgan fingerprint density at radius 3 is 2.71 bits per heavy atom. The molecule has 1 saturated heterocycles. The zero-order valence-electron chi connectivity index (χ0n) is 7.66. The molecule has 1 aliphatic heterocycles. The van der Waals surface area contributed by atoms with Crippen molar-refractivity contribution in [3.8, 4) is 0 Å². The summed E-state index contributed by atoms with van der Waals surface area (Å²) in [6, 6.07) is 1.72. The predicted molar refractivity (Wildman–Crippen MR) is 54.6 cm³/mol. The maximum atomic E-state index is 10.5. The number of ether oxygens (including phenoxy) is 1. The zero-order valence-corrected chi connectivity index (χ0v) is 9.25. The zero-order chi connectivity index (χ0) is 9.97. The minimum atomic E-state index is 0.381. The van der Waals surface area contributed by atoms with E-state index < -0.39 is 0 Å². The molecule has 0 atom stereocenters. The van der Waals surface area contributed by atoms with Crippen molar-refractivity contribution >= 4 is 22.2 Å². The predicted octanol–water partition coefficient (Wildman–Crippen LogP) is 2.75. The van der Waals surface area contributed by atoms with Crippen molar-refractivity contribution in [2.45, 2.75) is 18.8 Å². The molecule has 2 rings (SSSR count). The topological polar surface area (TPSA) is 39.4 Å². The second kappa shape index (κ2) is 4.28. The van der Waals surface area contributed by atoms with Crippen molar-refractivity contribution < 1.29 is 13.9 Å². The number of hydrogen-bond donors (Lipinski definition) is 0. The first-order valence-electron chi connectivity index (χ1n) is 4.63. The molecule has 1 fully saturated rings. The first-order chi connectivity index (χ1) is 6.81. The lowest BCUT2D eigenvalue weighted by Gasteiger charge is -2.20. The standard InChI is InChI=1S/C10H11BrO3/c11-9-5-8(6-12)14-10(9)7-1-3-13-4-2-7/h5-7H,1-4H2. The average Bonchev–Trinajstić information content (AvgIpc) is 2.61. The summed E-state index contributed by atoms with van der Waals surface area (Å²) in [5.74, 6) is 1.65. The van der Waals surface area contributed by atoms with Crippen LogP contribution in [-0.4, -0.2) is 19.5 Å². The fourth-order valence-corrected chi connectivity index (χ4v) is 2.33. The van der Waals surface area contributed by atoms with Crippen LogP contribution in [0.1, 0.15) is 35.1 Å². The largest absolute Gasteiger partial charge is 0.457 e. The molecule has 0 aliphatic carbocycles. The third-order valence-corrected chi connectivity index (χ3v) is 3.06.